The van der Waals surface area contributed by atoms with Gasteiger partial charge in [-0.05, 0) is 42.4 Å². The molecule has 3 aromatic rings. The van der Waals surface area contributed by atoms with E-state index in [1.807, 2.05) is 12.3 Å². The Labute approximate surface area is 164 Å². The van der Waals surface area contributed by atoms with Crippen LogP contribution in [0, 0.1) is 0 Å². The minimum absolute atomic E-state index is 0.358. The van der Waals surface area contributed by atoms with Crippen molar-refractivity contribution in [3.8, 4) is 5.75 Å². The molecule has 27 heavy (non-hydrogen) atoms. The van der Waals surface area contributed by atoms with Crippen LogP contribution in [0.15, 0.2) is 42.6 Å². The Morgan fingerprint density at radius 3 is 2.74 bits per heavy atom. The number of pyridine rings is 1. The lowest BCUT2D eigenvalue weighted by Gasteiger charge is -2.34. The second-order valence-electron chi connectivity index (χ2n) is 6.95. The molecule has 5 nitrogen and oxygen atoms in total. The Bertz CT molecular complexity index is 902. The molecule has 6 heteroatoms. The molecule has 1 fully saturated rings. The van der Waals surface area contributed by atoms with Gasteiger partial charge < -0.3 is 20.2 Å². The Kier molecular flexibility index (Phi) is 5.57. The summed E-state index contributed by atoms with van der Waals surface area (Å²) in [6, 6.07) is 12.0. The number of likely N-dealkylation sites (N-methyl/N-ethyl adjacent to an activating group) is 1. The fraction of sp³-hybridized carbons (Fsp3) is 0.381. The van der Waals surface area contributed by atoms with Crippen LogP contribution in [0.1, 0.15) is 17.4 Å². The third-order valence-corrected chi connectivity index (χ3v) is 6.27. The molecule has 0 bridgehead atoms. The van der Waals surface area contributed by atoms with Gasteiger partial charge in [-0.2, -0.15) is 0 Å². The summed E-state index contributed by atoms with van der Waals surface area (Å²) in [5.74, 6) is 1.44. The molecule has 0 unspecified atom stereocenters. The number of nitrogens with zero attached hydrogens (tertiary/aromatic N) is 3. The van der Waals surface area contributed by atoms with Crippen LogP contribution in [0.2, 0.25) is 0 Å². The number of fused-ring (bicyclic) bond motifs is 1. The number of piperazine rings is 1. The van der Waals surface area contributed by atoms with E-state index in [1.165, 1.54) is 10.4 Å². The van der Waals surface area contributed by atoms with Gasteiger partial charge >= 0.3 is 0 Å². The van der Waals surface area contributed by atoms with Gasteiger partial charge in [-0.3, -0.25) is 0 Å². The van der Waals surface area contributed by atoms with E-state index >= 15 is 0 Å². The summed E-state index contributed by atoms with van der Waals surface area (Å²) in [6.45, 7) is 9.26. The summed E-state index contributed by atoms with van der Waals surface area (Å²) < 4.78 is 1.13. The van der Waals surface area contributed by atoms with Gasteiger partial charge in [0, 0.05) is 60.4 Å². The molecule has 0 amide bonds. The molecule has 3 heterocycles. The summed E-state index contributed by atoms with van der Waals surface area (Å²) in [7, 11) is 0. The van der Waals surface area contributed by atoms with Crippen molar-refractivity contribution in [3.63, 3.8) is 0 Å². The number of phenols is 1. The van der Waals surface area contributed by atoms with Crippen molar-refractivity contribution >= 4 is 27.2 Å². The first-order valence-corrected chi connectivity index (χ1v) is 10.4. The third kappa shape index (κ3) is 4.24. The van der Waals surface area contributed by atoms with E-state index in [2.05, 4.69) is 51.3 Å². The highest BCUT2D eigenvalue weighted by Crippen LogP contribution is 2.31. The highest BCUT2D eigenvalue weighted by molar-refractivity contribution is 7.19. The Hall–Kier alpha value is -2.15. The van der Waals surface area contributed by atoms with Crippen LogP contribution >= 0.6 is 11.3 Å². The Morgan fingerprint density at radius 1 is 1.11 bits per heavy atom. The standard InChI is InChI=1S/C21H26N4OS/c1-2-24-8-10-25(11-9-24)21-12-16(6-7-23-21)14-22-15-17-13-18-19(26)4-3-5-20(18)27-17/h3-7,12-13,22,26H,2,8-11,14-15H2,1H3. The molecule has 0 spiro atoms. The molecule has 1 aliphatic heterocycles. The number of aromatic hydroxyl groups is 1. The van der Waals surface area contributed by atoms with Crippen LogP contribution in [0.5, 0.6) is 5.75 Å². The molecule has 4 rings (SSSR count). The third-order valence-electron chi connectivity index (χ3n) is 5.17. The molecular formula is C21H26N4OS. The van der Waals surface area contributed by atoms with Crippen molar-refractivity contribution in [3.05, 3.63) is 53.0 Å². The lowest BCUT2D eigenvalue weighted by atomic mass is 10.2. The normalized spacial score (nSPS) is 15.5. The van der Waals surface area contributed by atoms with Gasteiger partial charge in [-0.1, -0.05) is 13.0 Å². The molecule has 1 aromatic carbocycles. The van der Waals surface area contributed by atoms with Crippen LogP contribution in [0.25, 0.3) is 10.1 Å². The summed E-state index contributed by atoms with van der Waals surface area (Å²) in [4.78, 5) is 10.7. The van der Waals surface area contributed by atoms with Crippen LogP contribution in [-0.4, -0.2) is 47.7 Å². The van der Waals surface area contributed by atoms with Gasteiger partial charge in [0.25, 0.3) is 0 Å². The maximum atomic E-state index is 9.95. The highest BCUT2D eigenvalue weighted by Gasteiger charge is 2.16. The van der Waals surface area contributed by atoms with Gasteiger partial charge in [-0.15, -0.1) is 11.3 Å². The van der Waals surface area contributed by atoms with Crippen molar-refractivity contribution < 1.29 is 5.11 Å². The van der Waals surface area contributed by atoms with E-state index in [1.54, 1.807) is 17.4 Å². The number of rotatable bonds is 6. The first-order chi connectivity index (χ1) is 13.2. The minimum atomic E-state index is 0.358. The second kappa shape index (κ2) is 8.25. The zero-order valence-corrected chi connectivity index (χ0v) is 16.5. The smallest absolute Gasteiger partial charge is 0.128 e. The maximum absolute atomic E-state index is 9.95. The average molecular weight is 383 g/mol. The number of anilines is 1. The zero-order chi connectivity index (χ0) is 18.6. The predicted molar refractivity (Wildman–Crippen MR) is 113 cm³/mol. The van der Waals surface area contributed by atoms with Crippen LogP contribution in [0.4, 0.5) is 5.82 Å². The number of hydrogen-bond donors (Lipinski definition) is 2. The molecule has 0 atom stereocenters. The van der Waals surface area contributed by atoms with Crippen LogP contribution in [-0.2, 0) is 13.1 Å². The predicted octanol–water partition coefficient (Wildman–Crippen LogP) is 3.43. The SMILES string of the molecule is CCN1CCN(c2cc(CNCc3cc4c(O)cccc4s3)ccn2)CC1. The average Bonchev–Trinajstić information content (AvgIpc) is 3.13. The van der Waals surface area contributed by atoms with Crippen molar-refractivity contribution in [2.45, 2.75) is 20.0 Å². The first-order valence-electron chi connectivity index (χ1n) is 9.56. The summed E-state index contributed by atoms with van der Waals surface area (Å²) in [5.41, 5.74) is 1.25. The molecule has 1 aliphatic rings. The van der Waals surface area contributed by atoms with E-state index in [0.29, 0.717) is 5.75 Å². The Balaban J connectivity index is 1.35. The summed E-state index contributed by atoms with van der Waals surface area (Å²) in [6.07, 6.45) is 1.91. The van der Waals surface area contributed by atoms with Crippen LogP contribution in [0.3, 0.4) is 0 Å². The van der Waals surface area contributed by atoms with Gasteiger partial charge in [0.1, 0.15) is 11.6 Å². The molecule has 0 aliphatic carbocycles. The van der Waals surface area contributed by atoms with E-state index in [0.717, 1.165) is 61.7 Å². The lowest BCUT2D eigenvalue weighted by molar-refractivity contribution is 0.270. The number of benzene rings is 1. The zero-order valence-electron chi connectivity index (χ0n) is 15.7. The molecule has 0 radical (unpaired) electrons. The molecule has 142 valence electrons. The van der Waals surface area contributed by atoms with Crippen molar-refractivity contribution in [2.24, 2.45) is 0 Å². The van der Waals surface area contributed by atoms with Gasteiger partial charge in [0.15, 0.2) is 0 Å². The number of nitrogens with one attached hydrogen (secondary N) is 1. The summed E-state index contributed by atoms with van der Waals surface area (Å²) in [5, 5.41) is 14.4. The van der Waals surface area contributed by atoms with Crippen molar-refractivity contribution in [1.82, 2.24) is 15.2 Å². The molecule has 2 N–H and O–H groups in total. The number of aromatic nitrogens is 1. The largest absolute Gasteiger partial charge is 0.507 e. The maximum Gasteiger partial charge on any atom is 0.128 e. The highest BCUT2D eigenvalue weighted by atomic mass is 32.1. The lowest BCUT2D eigenvalue weighted by Crippen LogP contribution is -2.46. The monoisotopic (exact) mass is 382 g/mol. The molecular weight excluding hydrogens is 356 g/mol. The Morgan fingerprint density at radius 2 is 1.96 bits per heavy atom. The van der Waals surface area contributed by atoms with E-state index in [9.17, 15) is 5.11 Å². The van der Waals surface area contributed by atoms with E-state index < -0.39 is 0 Å². The van der Waals surface area contributed by atoms with Gasteiger partial charge in [-0.25, -0.2) is 4.98 Å². The van der Waals surface area contributed by atoms with Crippen molar-refractivity contribution in [2.75, 3.05) is 37.6 Å². The topological polar surface area (TPSA) is 51.6 Å². The fourth-order valence-corrected chi connectivity index (χ4v) is 4.61. The fourth-order valence-electron chi connectivity index (χ4n) is 3.55. The second-order valence-corrected chi connectivity index (χ2v) is 8.12. The first kappa shape index (κ1) is 18.2. The quantitative estimate of drug-likeness (QED) is 0.684. The van der Waals surface area contributed by atoms with Crippen molar-refractivity contribution in [1.29, 1.82) is 0 Å². The number of hydrogen-bond acceptors (Lipinski definition) is 6. The van der Waals surface area contributed by atoms with E-state index in [-0.39, 0.29) is 0 Å². The minimum Gasteiger partial charge on any atom is -0.507 e. The van der Waals surface area contributed by atoms with Crippen LogP contribution < -0.4 is 10.2 Å². The van der Waals surface area contributed by atoms with Gasteiger partial charge in [0.2, 0.25) is 0 Å². The van der Waals surface area contributed by atoms with E-state index in [4.69, 9.17) is 0 Å². The van der Waals surface area contributed by atoms with Gasteiger partial charge in [0.05, 0.1) is 0 Å². The molecule has 0 saturated carbocycles. The number of phenolic OH excluding ortho intramolecular Hbond substituents is 1. The summed E-state index contributed by atoms with van der Waals surface area (Å²) >= 11 is 1.73. The molecule has 1 saturated heterocycles. The molecule has 2 aromatic heterocycles. The number of thiophene rings is 1.